The van der Waals surface area contributed by atoms with Crippen molar-refractivity contribution in [2.45, 2.75) is 6.42 Å². The average Bonchev–Trinajstić information content (AvgIpc) is 2.03. The van der Waals surface area contributed by atoms with Crippen molar-refractivity contribution in [2.24, 2.45) is 0 Å². The quantitative estimate of drug-likeness (QED) is 0.481. The summed E-state index contributed by atoms with van der Waals surface area (Å²) in [5.41, 5.74) is 5.52. The minimum absolute atomic E-state index is 0.447. The Morgan fingerprint density at radius 2 is 2.38 bits per heavy atom. The Morgan fingerprint density at radius 3 is 3.00 bits per heavy atom. The second-order valence-electron chi connectivity index (χ2n) is 2.44. The molecule has 0 unspecified atom stereocenters. The number of nitrogens with one attached hydrogen (secondary N) is 1. The van der Waals surface area contributed by atoms with Crippen LogP contribution < -0.4 is 11.1 Å². The zero-order chi connectivity index (χ0) is 9.68. The maximum Gasteiger partial charge on any atom is 0.225 e. The molecule has 0 aromatic carbocycles. The number of nitrogen functional groups attached to an aromatic ring is 1. The van der Waals surface area contributed by atoms with Crippen LogP contribution in [0.15, 0.2) is 23.3 Å². The Bertz CT molecular complexity index is 280. The number of rotatable bonds is 4. The van der Waals surface area contributed by atoms with E-state index in [9.17, 15) is 0 Å². The van der Waals surface area contributed by atoms with Gasteiger partial charge in [-0.1, -0.05) is 6.08 Å². The molecule has 13 heavy (non-hydrogen) atoms. The first kappa shape index (κ1) is 9.98. The molecule has 0 aliphatic carbocycles. The summed E-state index contributed by atoms with van der Waals surface area (Å²) in [6.45, 7) is 4.38. The first-order chi connectivity index (χ1) is 6.22. The lowest BCUT2D eigenvalue weighted by Crippen LogP contribution is -2.06. The molecule has 0 amide bonds. The molecule has 3 N–H and O–H groups in total. The Hall–Kier alpha value is -1.10. The van der Waals surface area contributed by atoms with Gasteiger partial charge in [0.1, 0.15) is 10.4 Å². The predicted octanol–water partition coefficient (Wildman–Crippen LogP) is 1.81. The maximum absolute atomic E-state index is 5.52. The Kier molecular flexibility index (Phi) is 3.70. The molecule has 0 fully saturated rings. The number of hydrogen-bond acceptors (Lipinski definition) is 4. The van der Waals surface area contributed by atoms with Crippen molar-refractivity contribution in [1.29, 1.82) is 0 Å². The fraction of sp³-hybridized carbons (Fsp3) is 0.250. The Morgan fingerprint density at radius 1 is 1.62 bits per heavy atom. The summed E-state index contributed by atoms with van der Waals surface area (Å²) in [6, 6.07) is 1.65. The highest BCUT2D eigenvalue weighted by molar-refractivity contribution is 9.10. The van der Waals surface area contributed by atoms with Crippen molar-refractivity contribution in [3.8, 4) is 0 Å². The van der Waals surface area contributed by atoms with Gasteiger partial charge in [0, 0.05) is 12.6 Å². The molecule has 0 bridgehead atoms. The van der Waals surface area contributed by atoms with Gasteiger partial charge in [0.05, 0.1) is 0 Å². The van der Waals surface area contributed by atoms with Crippen LogP contribution in [0.3, 0.4) is 0 Å². The van der Waals surface area contributed by atoms with Crippen LogP contribution in [0.25, 0.3) is 0 Å². The first-order valence-electron chi connectivity index (χ1n) is 3.87. The predicted molar refractivity (Wildman–Crippen MR) is 57.4 cm³/mol. The summed E-state index contributed by atoms with van der Waals surface area (Å²) in [6.07, 6.45) is 2.70. The zero-order valence-electron chi connectivity index (χ0n) is 7.13. The van der Waals surface area contributed by atoms with Crippen LogP contribution in [0.5, 0.6) is 0 Å². The molecule has 0 atom stereocenters. The van der Waals surface area contributed by atoms with Gasteiger partial charge >= 0.3 is 0 Å². The second-order valence-corrected chi connectivity index (χ2v) is 3.26. The minimum atomic E-state index is 0.447. The van der Waals surface area contributed by atoms with Gasteiger partial charge in [-0.15, -0.1) is 6.58 Å². The number of anilines is 2. The number of nitrogens with zero attached hydrogens (tertiary/aromatic N) is 2. The summed E-state index contributed by atoms with van der Waals surface area (Å²) in [7, 11) is 0. The summed E-state index contributed by atoms with van der Waals surface area (Å²) in [4.78, 5) is 8.08. The van der Waals surface area contributed by atoms with Crippen LogP contribution in [-0.4, -0.2) is 16.5 Å². The highest BCUT2D eigenvalue weighted by atomic mass is 79.9. The molecule has 1 rings (SSSR count). The maximum atomic E-state index is 5.52. The molecule has 0 aliphatic heterocycles. The Balaban J connectivity index is 2.60. The smallest absolute Gasteiger partial charge is 0.225 e. The van der Waals surface area contributed by atoms with Crippen LogP contribution >= 0.6 is 15.9 Å². The molecule has 1 aromatic heterocycles. The van der Waals surface area contributed by atoms with Crippen LogP contribution in [-0.2, 0) is 0 Å². The lowest BCUT2D eigenvalue weighted by atomic mass is 10.4. The Labute approximate surface area is 85.4 Å². The van der Waals surface area contributed by atoms with Gasteiger partial charge in [-0.05, 0) is 22.4 Å². The molecule has 0 spiro atoms. The van der Waals surface area contributed by atoms with Crippen LogP contribution in [0.2, 0.25) is 0 Å². The van der Waals surface area contributed by atoms with E-state index in [1.807, 2.05) is 6.08 Å². The van der Waals surface area contributed by atoms with Gasteiger partial charge in [0.25, 0.3) is 0 Å². The molecule has 4 nitrogen and oxygen atoms in total. The van der Waals surface area contributed by atoms with E-state index in [1.165, 1.54) is 0 Å². The average molecular weight is 243 g/mol. The third kappa shape index (κ3) is 3.42. The molecular weight excluding hydrogens is 232 g/mol. The molecular formula is C8H11BrN4. The molecule has 1 aromatic rings. The van der Waals surface area contributed by atoms with Crippen molar-refractivity contribution in [2.75, 3.05) is 17.6 Å². The second kappa shape index (κ2) is 4.81. The zero-order valence-corrected chi connectivity index (χ0v) is 8.71. The van der Waals surface area contributed by atoms with Crippen molar-refractivity contribution < 1.29 is 0 Å². The fourth-order valence-electron chi connectivity index (χ4n) is 0.800. The standard InChI is InChI=1S/C8H11BrN4/c1-2-3-4-11-8-12-6(9)5-7(10)13-8/h2,5H,1,3-4H2,(H3,10,11,12,13). The van der Waals surface area contributed by atoms with Crippen molar-refractivity contribution in [3.63, 3.8) is 0 Å². The van der Waals surface area contributed by atoms with Crippen LogP contribution in [0.1, 0.15) is 6.42 Å². The monoisotopic (exact) mass is 242 g/mol. The van der Waals surface area contributed by atoms with Gasteiger partial charge in [0.15, 0.2) is 0 Å². The van der Waals surface area contributed by atoms with E-state index in [1.54, 1.807) is 6.07 Å². The molecule has 0 saturated carbocycles. The number of nitrogens with two attached hydrogens (primary N) is 1. The van der Waals surface area contributed by atoms with E-state index in [-0.39, 0.29) is 0 Å². The van der Waals surface area contributed by atoms with Gasteiger partial charge in [-0.2, -0.15) is 4.98 Å². The van der Waals surface area contributed by atoms with E-state index < -0.39 is 0 Å². The highest BCUT2D eigenvalue weighted by Crippen LogP contribution is 2.11. The van der Waals surface area contributed by atoms with Gasteiger partial charge < -0.3 is 11.1 Å². The molecule has 70 valence electrons. The van der Waals surface area contributed by atoms with Crippen LogP contribution in [0.4, 0.5) is 11.8 Å². The summed E-state index contributed by atoms with van der Waals surface area (Å²) in [5, 5.41) is 3.02. The van der Waals surface area contributed by atoms with E-state index in [2.05, 4.69) is 37.8 Å². The van der Waals surface area contributed by atoms with E-state index in [0.717, 1.165) is 13.0 Å². The number of hydrogen-bond donors (Lipinski definition) is 2. The molecule has 1 heterocycles. The lowest BCUT2D eigenvalue weighted by Gasteiger charge is -2.03. The summed E-state index contributed by atoms with van der Waals surface area (Å²) >= 11 is 3.23. The largest absolute Gasteiger partial charge is 0.383 e. The number of aromatic nitrogens is 2. The summed E-state index contributed by atoms with van der Waals surface area (Å²) < 4.78 is 0.682. The molecule has 0 aliphatic rings. The summed E-state index contributed by atoms with van der Waals surface area (Å²) in [5.74, 6) is 0.983. The highest BCUT2D eigenvalue weighted by Gasteiger charge is 1.98. The van der Waals surface area contributed by atoms with E-state index in [0.29, 0.717) is 16.4 Å². The first-order valence-corrected chi connectivity index (χ1v) is 4.66. The van der Waals surface area contributed by atoms with E-state index >= 15 is 0 Å². The molecule has 0 saturated heterocycles. The third-order valence-electron chi connectivity index (χ3n) is 1.35. The van der Waals surface area contributed by atoms with Crippen molar-refractivity contribution in [1.82, 2.24) is 9.97 Å². The minimum Gasteiger partial charge on any atom is -0.383 e. The lowest BCUT2D eigenvalue weighted by molar-refractivity contribution is 1.01. The molecule has 0 radical (unpaired) electrons. The van der Waals surface area contributed by atoms with E-state index in [4.69, 9.17) is 5.73 Å². The SMILES string of the molecule is C=CCCNc1nc(N)cc(Br)n1. The number of halogens is 1. The van der Waals surface area contributed by atoms with Crippen molar-refractivity contribution >= 4 is 27.7 Å². The fourth-order valence-corrected chi connectivity index (χ4v) is 1.20. The third-order valence-corrected chi connectivity index (χ3v) is 1.75. The topological polar surface area (TPSA) is 63.8 Å². The normalized spacial score (nSPS) is 9.62. The van der Waals surface area contributed by atoms with Gasteiger partial charge in [-0.3, -0.25) is 0 Å². The van der Waals surface area contributed by atoms with Gasteiger partial charge in [-0.25, -0.2) is 4.98 Å². The molecule has 5 heteroatoms. The van der Waals surface area contributed by atoms with Gasteiger partial charge in [0.2, 0.25) is 5.95 Å². The van der Waals surface area contributed by atoms with Crippen molar-refractivity contribution in [3.05, 3.63) is 23.3 Å². The van der Waals surface area contributed by atoms with Crippen LogP contribution in [0, 0.1) is 0 Å².